The maximum Gasteiger partial charge on any atom is 0.231 e. The molecule has 8 heteroatoms. The zero-order valence-electron chi connectivity index (χ0n) is 16.4. The maximum atomic E-state index is 5.58. The fraction of sp³-hybridized carbons (Fsp3) is 0.474. The lowest BCUT2D eigenvalue weighted by Crippen LogP contribution is -2.43. The van der Waals surface area contributed by atoms with E-state index in [0.717, 1.165) is 23.0 Å². The summed E-state index contributed by atoms with van der Waals surface area (Å²) in [6.07, 6.45) is 0. The van der Waals surface area contributed by atoms with Crippen LogP contribution in [0.1, 0.15) is 36.8 Å². The Hall–Kier alpha value is -1.97. The van der Waals surface area contributed by atoms with Crippen LogP contribution in [0.25, 0.3) is 0 Å². The Morgan fingerprint density at radius 1 is 1.19 bits per heavy atom. The van der Waals surface area contributed by atoms with Gasteiger partial charge >= 0.3 is 0 Å². The van der Waals surface area contributed by atoms with Crippen molar-refractivity contribution in [3.63, 3.8) is 0 Å². The summed E-state index contributed by atoms with van der Waals surface area (Å²) in [6, 6.07) is 6.07. The number of aromatic nitrogens is 1. The van der Waals surface area contributed by atoms with E-state index in [0.29, 0.717) is 24.9 Å². The van der Waals surface area contributed by atoms with Gasteiger partial charge in [-0.1, -0.05) is 19.9 Å². The van der Waals surface area contributed by atoms with E-state index in [-0.39, 0.29) is 36.2 Å². The number of hydrogen-bond acceptors (Lipinski definition) is 5. The van der Waals surface area contributed by atoms with Crippen LogP contribution in [0.2, 0.25) is 0 Å². The first kappa shape index (κ1) is 21.3. The molecule has 0 aliphatic carbocycles. The Labute approximate surface area is 177 Å². The summed E-state index contributed by atoms with van der Waals surface area (Å²) >= 11 is 0. The number of hydrogen-bond donors (Lipinski definition) is 2. The van der Waals surface area contributed by atoms with Gasteiger partial charge in [-0.3, -0.25) is 4.99 Å². The van der Waals surface area contributed by atoms with E-state index in [4.69, 9.17) is 13.9 Å². The highest BCUT2D eigenvalue weighted by atomic mass is 127. The number of benzene rings is 1. The van der Waals surface area contributed by atoms with Crippen LogP contribution in [0.3, 0.4) is 0 Å². The molecule has 2 aromatic rings. The Balaban J connectivity index is 0.00000261. The van der Waals surface area contributed by atoms with Crippen LogP contribution < -0.4 is 20.1 Å². The first-order chi connectivity index (χ1) is 12.4. The van der Waals surface area contributed by atoms with Gasteiger partial charge in [0.1, 0.15) is 5.76 Å². The normalized spacial score (nSPS) is 13.3. The molecule has 148 valence electrons. The number of guanidine groups is 1. The van der Waals surface area contributed by atoms with Crippen molar-refractivity contribution < 1.29 is 13.9 Å². The van der Waals surface area contributed by atoms with Crippen LogP contribution in [0, 0.1) is 13.8 Å². The average Bonchev–Trinajstić information content (AvgIpc) is 3.21. The Morgan fingerprint density at radius 3 is 2.59 bits per heavy atom. The lowest BCUT2D eigenvalue weighted by Gasteiger charge is -2.27. The molecule has 0 spiro atoms. The molecular formula is C19H27IN4O3. The summed E-state index contributed by atoms with van der Waals surface area (Å²) < 4.78 is 16.5. The second-order valence-electron chi connectivity index (χ2n) is 6.98. The molecule has 1 aliphatic rings. The molecule has 2 heterocycles. The lowest BCUT2D eigenvalue weighted by atomic mass is 9.84. The third-order valence-corrected chi connectivity index (χ3v) is 4.56. The molecule has 3 rings (SSSR count). The van der Waals surface area contributed by atoms with E-state index < -0.39 is 0 Å². The van der Waals surface area contributed by atoms with Crippen molar-refractivity contribution >= 4 is 29.9 Å². The second kappa shape index (κ2) is 8.81. The van der Waals surface area contributed by atoms with Gasteiger partial charge in [0.05, 0.1) is 12.2 Å². The molecule has 0 radical (unpaired) electrons. The molecule has 0 atom stereocenters. The van der Waals surface area contributed by atoms with Crippen molar-refractivity contribution in [3.05, 3.63) is 41.1 Å². The number of fused-ring (bicyclic) bond motifs is 1. The Bertz CT molecular complexity index is 798. The molecule has 7 nitrogen and oxygen atoms in total. The number of ether oxygens (including phenoxy) is 2. The summed E-state index contributed by atoms with van der Waals surface area (Å²) in [7, 11) is 1.75. The van der Waals surface area contributed by atoms with Crippen molar-refractivity contribution in [2.75, 3.05) is 20.4 Å². The van der Waals surface area contributed by atoms with Gasteiger partial charge in [0, 0.05) is 19.0 Å². The standard InChI is InChI=1S/C19H26N4O3.HI/c1-12-13(2)26-17(23-12)9-21-18(20-5)22-10-19(3,4)14-6-7-15-16(8-14)25-11-24-15;/h6-8H,9-11H2,1-5H3,(H2,20,21,22);1H. The Morgan fingerprint density at radius 2 is 1.93 bits per heavy atom. The van der Waals surface area contributed by atoms with E-state index in [2.05, 4.69) is 40.5 Å². The molecule has 1 aromatic heterocycles. The molecule has 0 saturated heterocycles. The first-order valence-electron chi connectivity index (χ1n) is 8.66. The van der Waals surface area contributed by atoms with Gasteiger partial charge in [-0.2, -0.15) is 0 Å². The number of nitrogens with one attached hydrogen (secondary N) is 2. The van der Waals surface area contributed by atoms with Crippen LogP contribution in [-0.2, 0) is 12.0 Å². The molecule has 0 unspecified atom stereocenters. The van der Waals surface area contributed by atoms with Crippen molar-refractivity contribution in [1.82, 2.24) is 15.6 Å². The van der Waals surface area contributed by atoms with Gasteiger partial charge in [-0.05, 0) is 31.5 Å². The van der Waals surface area contributed by atoms with Crippen LogP contribution in [0.15, 0.2) is 27.6 Å². The summed E-state index contributed by atoms with van der Waals surface area (Å²) in [4.78, 5) is 8.64. The van der Waals surface area contributed by atoms with Gasteiger partial charge in [-0.15, -0.1) is 24.0 Å². The predicted molar refractivity (Wildman–Crippen MR) is 115 cm³/mol. The third kappa shape index (κ3) is 5.06. The third-order valence-electron chi connectivity index (χ3n) is 4.56. The average molecular weight is 486 g/mol. The van der Waals surface area contributed by atoms with E-state index in [9.17, 15) is 0 Å². The summed E-state index contributed by atoms with van der Waals surface area (Å²) in [5, 5.41) is 6.59. The van der Waals surface area contributed by atoms with E-state index in [1.807, 2.05) is 26.0 Å². The van der Waals surface area contributed by atoms with Crippen molar-refractivity contribution in [3.8, 4) is 11.5 Å². The number of aliphatic imine (C=N–C) groups is 1. The van der Waals surface area contributed by atoms with Gasteiger partial charge < -0.3 is 24.5 Å². The predicted octanol–water partition coefficient (Wildman–Crippen LogP) is 3.28. The minimum Gasteiger partial charge on any atom is -0.454 e. The maximum absolute atomic E-state index is 5.58. The van der Waals surface area contributed by atoms with Gasteiger partial charge in [-0.25, -0.2) is 4.98 Å². The van der Waals surface area contributed by atoms with Crippen molar-refractivity contribution in [1.29, 1.82) is 0 Å². The monoisotopic (exact) mass is 486 g/mol. The van der Waals surface area contributed by atoms with Crippen molar-refractivity contribution in [2.45, 2.75) is 39.7 Å². The molecule has 0 amide bonds. The first-order valence-corrected chi connectivity index (χ1v) is 8.66. The summed E-state index contributed by atoms with van der Waals surface area (Å²) in [6.45, 7) is 9.66. The van der Waals surface area contributed by atoms with Gasteiger partial charge in [0.15, 0.2) is 17.5 Å². The topological polar surface area (TPSA) is 80.9 Å². The highest BCUT2D eigenvalue weighted by Gasteiger charge is 2.24. The molecular weight excluding hydrogens is 459 g/mol. The number of aryl methyl sites for hydroxylation is 2. The second-order valence-corrected chi connectivity index (χ2v) is 6.98. The summed E-state index contributed by atoms with van der Waals surface area (Å²) in [5.41, 5.74) is 1.96. The van der Waals surface area contributed by atoms with Crippen LogP contribution in [0.5, 0.6) is 11.5 Å². The fourth-order valence-electron chi connectivity index (χ4n) is 2.72. The largest absolute Gasteiger partial charge is 0.454 e. The van der Waals surface area contributed by atoms with Crippen molar-refractivity contribution in [2.24, 2.45) is 4.99 Å². The van der Waals surface area contributed by atoms with E-state index in [1.165, 1.54) is 5.56 Å². The highest BCUT2D eigenvalue weighted by Crippen LogP contribution is 2.36. The molecule has 0 fully saturated rings. The molecule has 0 saturated carbocycles. The zero-order valence-corrected chi connectivity index (χ0v) is 18.7. The molecule has 1 aliphatic heterocycles. The molecule has 0 bridgehead atoms. The quantitative estimate of drug-likeness (QED) is 0.384. The minimum absolute atomic E-state index is 0. The summed E-state index contributed by atoms with van der Waals surface area (Å²) in [5.74, 6) is 3.79. The molecule has 1 aromatic carbocycles. The van der Waals surface area contributed by atoms with Gasteiger partial charge in [0.2, 0.25) is 12.7 Å². The lowest BCUT2D eigenvalue weighted by molar-refractivity contribution is 0.174. The smallest absolute Gasteiger partial charge is 0.231 e. The van der Waals surface area contributed by atoms with E-state index in [1.54, 1.807) is 7.05 Å². The van der Waals surface area contributed by atoms with Gasteiger partial charge in [0.25, 0.3) is 0 Å². The number of rotatable bonds is 5. The highest BCUT2D eigenvalue weighted by molar-refractivity contribution is 14.0. The zero-order chi connectivity index (χ0) is 18.7. The molecule has 27 heavy (non-hydrogen) atoms. The van der Waals surface area contributed by atoms with Crippen LogP contribution >= 0.6 is 24.0 Å². The van der Waals surface area contributed by atoms with Crippen LogP contribution in [0.4, 0.5) is 0 Å². The minimum atomic E-state index is -0.116. The number of halogens is 1. The number of oxazole rings is 1. The molecule has 2 N–H and O–H groups in total. The Kier molecular flexibility index (Phi) is 6.96. The van der Waals surface area contributed by atoms with E-state index >= 15 is 0 Å². The van der Waals surface area contributed by atoms with Crippen LogP contribution in [-0.4, -0.2) is 31.3 Å². The number of nitrogens with zero attached hydrogens (tertiary/aromatic N) is 2. The fourth-order valence-corrected chi connectivity index (χ4v) is 2.72. The SMILES string of the molecule is CN=C(NCc1nc(C)c(C)o1)NCC(C)(C)c1ccc2c(c1)OCO2.I.